The number of nitro benzene ring substituents is 1. The molecule has 0 fully saturated rings. The molecule has 0 saturated carbocycles. The van der Waals surface area contributed by atoms with Gasteiger partial charge >= 0.3 is 11.8 Å². The van der Waals surface area contributed by atoms with Crippen LogP contribution in [0.3, 0.4) is 0 Å². The zero-order chi connectivity index (χ0) is 25.3. The van der Waals surface area contributed by atoms with Gasteiger partial charge in [0.1, 0.15) is 18.7 Å². The highest BCUT2D eigenvalue weighted by Gasteiger charge is 2.27. The molecular formula is C23H27FN4O6. The number of nitrogens with two attached hydrogens (primary N) is 1. The predicted octanol–water partition coefficient (Wildman–Crippen LogP) is 2.59. The molecule has 0 aliphatic rings. The molecule has 2 atom stereocenters. The van der Waals surface area contributed by atoms with Gasteiger partial charge in [-0.3, -0.25) is 19.7 Å². The van der Waals surface area contributed by atoms with Crippen LogP contribution in [0.1, 0.15) is 31.4 Å². The van der Waals surface area contributed by atoms with Gasteiger partial charge in [0, 0.05) is 12.5 Å². The number of benzene rings is 2. The van der Waals surface area contributed by atoms with Gasteiger partial charge in [0.2, 0.25) is 17.6 Å². The normalized spacial score (nSPS) is 12.5. The van der Waals surface area contributed by atoms with Crippen molar-refractivity contribution in [3.8, 4) is 0 Å². The van der Waals surface area contributed by atoms with Crippen molar-refractivity contribution in [2.24, 2.45) is 11.7 Å². The first kappa shape index (κ1) is 26.2. The molecule has 0 aliphatic heterocycles. The number of primary amides is 1. The second kappa shape index (κ2) is 12.3. The molecule has 10 nitrogen and oxygen atoms in total. The molecule has 34 heavy (non-hydrogen) atoms. The summed E-state index contributed by atoms with van der Waals surface area (Å²) < 4.78 is 18.8. The molecule has 182 valence electrons. The SMILES string of the molecule is CC(C)C[C@H](NC(=O)OCc1ccccc1)C(=O)N[C@@H](Cc1ccc(F)c([N+](=O)[O-])c1)C(N)=O. The minimum atomic E-state index is -1.24. The Kier molecular flexibility index (Phi) is 9.48. The van der Waals surface area contributed by atoms with Crippen LogP contribution in [0.15, 0.2) is 48.5 Å². The maximum absolute atomic E-state index is 13.6. The first-order chi connectivity index (χ1) is 16.1. The minimum absolute atomic E-state index is 0.00987. The van der Waals surface area contributed by atoms with Crippen molar-refractivity contribution in [2.45, 2.75) is 45.4 Å². The number of nitro groups is 1. The van der Waals surface area contributed by atoms with Gasteiger partial charge in [-0.15, -0.1) is 0 Å². The van der Waals surface area contributed by atoms with Crippen molar-refractivity contribution < 1.29 is 28.4 Å². The standard InChI is InChI=1S/C23H27FN4O6/c1-14(2)10-19(27-23(31)34-13-15-6-4-3-5-7-15)22(30)26-18(21(25)29)11-16-8-9-17(24)20(12-16)28(32)33/h3-9,12,14,18-19H,10-11,13H2,1-2H3,(H2,25,29)(H,26,30)(H,27,31)/t18-,19-/m0/s1. The Hall–Kier alpha value is -4.02. The second-order valence-corrected chi connectivity index (χ2v) is 8.10. The lowest BCUT2D eigenvalue weighted by Gasteiger charge is -2.23. The average Bonchev–Trinajstić information content (AvgIpc) is 2.78. The molecule has 0 bridgehead atoms. The van der Waals surface area contributed by atoms with E-state index in [0.29, 0.717) is 0 Å². The van der Waals surface area contributed by atoms with Crippen LogP contribution < -0.4 is 16.4 Å². The number of nitrogens with one attached hydrogen (secondary N) is 2. The van der Waals surface area contributed by atoms with Crippen LogP contribution in [0, 0.1) is 21.8 Å². The Morgan fingerprint density at radius 2 is 1.74 bits per heavy atom. The first-order valence-electron chi connectivity index (χ1n) is 10.6. The maximum atomic E-state index is 13.6. The number of ether oxygens (including phenoxy) is 1. The van der Waals surface area contributed by atoms with E-state index >= 15 is 0 Å². The van der Waals surface area contributed by atoms with E-state index in [1.807, 2.05) is 19.9 Å². The fourth-order valence-electron chi connectivity index (χ4n) is 3.17. The van der Waals surface area contributed by atoms with Crippen LogP contribution in [-0.2, 0) is 27.4 Å². The summed E-state index contributed by atoms with van der Waals surface area (Å²) in [6.45, 7) is 3.71. The third-order valence-electron chi connectivity index (χ3n) is 4.84. The minimum Gasteiger partial charge on any atom is -0.445 e. The highest BCUT2D eigenvalue weighted by Crippen LogP contribution is 2.19. The topological polar surface area (TPSA) is 154 Å². The van der Waals surface area contributed by atoms with E-state index in [9.17, 15) is 28.9 Å². The lowest BCUT2D eigenvalue weighted by molar-refractivity contribution is -0.387. The number of carbonyl (C=O) groups excluding carboxylic acids is 3. The van der Waals surface area contributed by atoms with E-state index in [0.717, 1.165) is 17.7 Å². The largest absolute Gasteiger partial charge is 0.445 e. The Morgan fingerprint density at radius 3 is 2.32 bits per heavy atom. The molecule has 2 rings (SSSR count). The van der Waals surface area contributed by atoms with E-state index in [2.05, 4.69) is 10.6 Å². The van der Waals surface area contributed by atoms with Crippen molar-refractivity contribution in [1.82, 2.24) is 10.6 Å². The van der Waals surface area contributed by atoms with Gasteiger partial charge in [-0.1, -0.05) is 50.2 Å². The summed E-state index contributed by atoms with van der Waals surface area (Å²) in [5.41, 5.74) is 5.64. The maximum Gasteiger partial charge on any atom is 0.408 e. The molecule has 0 aliphatic carbocycles. The van der Waals surface area contributed by atoms with E-state index < -0.39 is 46.4 Å². The third kappa shape index (κ3) is 8.15. The first-order valence-corrected chi connectivity index (χ1v) is 10.6. The summed E-state index contributed by atoms with van der Waals surface area (Å²) in [5, 5.41) is 15.9. The fourth-order valence-corrected chi connectivity index (χ4v) is 3.17. The summed E-state index contributed by atoms with van der Waals surface area (Å²) in [6, 6.07) is 9.85. The van der Waals surface area contributed by atoms with Crippen LogP contribution >= 0.6 is 0 Å². The fraction of sp³-hybridized carbons (Fsp3) is 0.348. The molecule has 0 radical (unpaired) electrons. The molecule has 4 N–H and O–H groups in total. The Balaban J connectivity index is 2.07. The summed E-state index contributed by atoms with van der Waals surface area (Å²) in [7, 11) is 0. The Labute approximate surface area is 195 Å². The van der Waals surface area contributed by atoms with Gasteiger partial charge in [-0.05, 0) is 29.5 Å². The smallest absolute Gasteiger partial charge is 0.408 e. The van der Waals surface area contributed by atoms with E-state index in [-0.39, 0.29) is 30.9 Å². The zero-order valence-electron chi connectivity index (χ0n) is 18.8. The summed E-state index contributed by atoms with van der Waals surface area (Å²) in [4.78, 5) is 47.1. The second-order valence-electron chi connectivity index (χ2n) is 8.10. The Bertz CT molecular complexity index is 1030. The predicted molar refractivity (Wildman–Crippen MR) is 121 cm³/mol. The van der Waals surface area contributed by atoms with Gasteiger partial charge < -0.3 is 21.1 Å². The van der Waals surface area contributed by atoms with Gasteiger partial charge in [0.15, 0.2) is 0 Å². The highest BCUT2D eigenvalue weighted by molar-refractivity contribution is 5.90. The highest BCUT2D eigenvalue weighted by atomic mass is 19.1. The van der Waals surface area contributed by atoms with Gasteiger partial charge in [0.25, 0.3) is 0 Å². The number of carbonyl (C=O) groups is 3. The van der Waals surface area contributed by atoms with Gasteiger partial charge in [-0.25, -0.2) is 4.79 Å². The number of halogens is 1. The number of amides is 3. The summed E-state index contributed by atoms with van der Waals surface area (Å²) >= 11 is 0. The molecule has 0 spiro atoms. The van der Waals surface area contributed by atoms with Crippen molar-refractivity contribution in [2.75, 3.05) is 0 Å². The third-order valence-corrected chi connectivity index (χ3v) is 4.84. The van der Waals surface area contributed by atoms with E-state index in [1.165, 1.54) is 6.07 Å². The molecule has 2 aromatic rings. The van der Waals surface area contributed by atoms with Gasteiger partial charge in [-0.2, -0.15) is 4.39 Å². The summed E-state index contributed by atoms with van der Waals surface area (Å²) in [6.07, 6.45) is -0.760. The molecule has 11 heteroatoms. The van der Waals surface area contributed by atoms with Crippen LogP contribution in [0.25, 0.3) is 0 Å². The Morgan fingerprint density at radius 1 is 1.06 bits per heavy atom. The van der Waals surface area contributed by atoms with Crippen molar-refractivity contribution in [3.05, 3.63) is 75.6 Å². The van der Waals surface area contributed by atoms with Gasteiger partial charge in [0.05, 0.1) is 4.92 Å². The molecule has 0 saturated heterocycles. The average molecular weight is 474 g/mol. The van der Waals surface area contributed by atoms with E-state index in [1.54, 1.807) is 24.3 Å². The summed E-state index contributed by atoms with van der Waals surface area (Å²) in [5.74, 6) is -2.58. The number of rotatable bonds is 11. The van der Waals surface area contributed by atoms with Crippen LogP contribution in [-0.4, -0.2) is 34.9 Å². The molecule has 0 aromatic heterocycles. The lowest BCUT2D eigenvalue weighted by atomic mass is 10.0. The van der Waals surface area contributed by atoms with E-state index in [4.69, 9.17) is 10.5 Å². The monoisotopic (exact) mass is 474 g/mol. The molecule has 3 amide bonds. The lowest BCUT2D eigenvalue weighted by Crippen LogP contribution is -2.54. The number of hydrogen-bond donors (Lipinski definition) is 3. The van der Waals surface area contributed by atoms with Crippen molar-refractivity contribution in [3.63, 3.8) is 0 Å². The van der Waals surface area contributed by atoms with Crippen molar-refractivity contribution >= 4 is 23.6 Å². The zero-order valence-corrected chi connectivity index (χ0v) is 18.8. The van der Waals surface area contributed by atoms with Crippen molar-refractivity contribution in [1.29, 1.82) is 0 Å². The van der Waals surface area contributed by atoms with Crippen LogP contribution in [0.5, 0.6) is 0 Å². The number of nitrogens with zero attached hydrogens (tertiary/aromatic N) is 1. The molecule has 0 heterocycles. The van der Waals surface area contributed by atoms with Crippen LogP contribution in [0.4, 0.5) is 14.9 Å². The quantitative estimate of drug-likeness (QED) is 0.336. The molecule has 2 aromatic carbocycles. The van der Waals surface area contributed by atoms with Crippen LogP contribution in [0.2, 0.25) is 0 Å². The number of hydrogen-bond acceptors (Lipinski definition) is 6. The molecule has 0 unspecified atom stereocenters. The molecular weight excluding hydrogens is 447 g/mol. The number of alkyl carbamates (subject to hydrolysis) is 1.